The summed E-state index contributed by atoms with van der Waals surface area (Å²) in [6, 6.07) is 4.14. The van der Waals surface area contributed by atoms with Crippen LogP contribution in [0.4, 0.5) is 0 Å². The first-order valence-corrected chi connectivity index (χ1v) is 8.85. The summed E-state index contributed by atoms with van der Waals surface area (Å²) in [4.78, 5) is 12.0. The van der Waals surface area contributed by atoms with Gasteiger partial charge in [0.25, 0.3) is 0 Å². The Kier molecular flexibility index (Phi) is 5.86. The molecule has 128 valence electrons. The fraction of sp³-hybridized carbons (Fsp3) is 0.722. The molecule has 0 saturated carbocycles. The number of methoxy groups -OCH3 is 1. The monoisotopic (exact) mass is 318 g/mol. The van der Waals surface area contributed by atoms with E-state index in [1.807, 2.05) is 6.07 Å². The molecule has 1 aromatic heterocycles. The molecular weight excluding hydrogens is 288 g/mol. The van der Waals surface area contributed by atoms with Crippen LogP contribution in [0.1, 0.15) is 18.4 Å². The molecule has 0 spiro atoms. The second-order valence-electron chi connectivity index (χ2n) is 7.02. The van der Waals surface area contributed by atoms with Gasteiger partial charge in [0.2, 0.25) is 5.88 Å². The number of hydrogen-bond donors (Lipinski definition) is 0. The van der Waals surface area contributed by atoms with Gasteiger partial charge < -0.3 is 14.5 Å². The molecule has 1 unspecified atom stereocenters. The second-order valence-corrected chi connectivity index (χ2v) is 7.02. The summed E-state index contributed by atoms with van der Waals surface area (Å²) in [6.07, 6.45) is 4.47. The molecule has 0 radical (unpaired) electrons. The lowest BCUT2D eigenvalue weighted by molar-refractivity contribution is 0.0962. The quantitative estimate of drug-likeness (QED) is 0.822. The lowest BCUT2D eigenvalue weighted by atomic mass is 9.96. The summed E-state index contributed by atoms with van der Waals surface area (Å²) < 4.78 is 5.39. The van der Waals surface area contributed by atoms with E-state index in [1.54, 1.807) is 13.3 Å². The van der Waals surface area contributed by atoms with Gasteiger partial charge in [-0.3, -0.25) is 4.90 Å². The minimum atomic E-state index is 0.772. The first-order valence-electron chi connectivity index (χ1n) is 8.85. The summed E-state index contributed by atoms with van der Waals surface area (Å²) in [5.41, 5.74) is 1.20. The SMILES string of the molecule is COc1ncccc1CN1CCCC(CN2CCN(C)CC2)C1. The van der Waals surface area contributed by atoms with Crippen molar-refractivity contribution in [2.24, 2.45) is 5.92 Å². The van der Waals surface area contributed by atoms with Crippen LogP contribution >= 0.6 is 0 Å². The van der Waals surface area contributed by atoms with Crippen LogP contribution < -0.4 is 4.74 Å². The van der Waals surface area contributed by atoms with Crippen LogP contribution in [0.25, 0.3) is 0 Å². The van der Waals surface area contributed by atoms with Gasteiger partial charge in [0.1, 0.15) is 0 Å². The topological polar surface area (TPSA) is 31.8 Å². The molecule has 0 aliphatic carbocycles. The van der Waals surface area contributed by atoms with Gasteiger partial charge in [-0.25, -0.2) is 4.98 Å². The van der Waals surface area contributed by atoms with E-state index in [2.05, 4.69) is 32.8 Å². The van der Waals surface area contributed by atoms with E-state index in [-0.39, 0.29) is 0 Å². The van der Waals surface area contributed by atoms with E-state index in [9.17, 15) is 0 Å². The molecule has 2 aliphatic rings. The molecule has 5 heteroatoms. The highest BCUT2D eigenvalue weighted by molar-refractivity contribution is 5.25. The zero-order chi connectivity index (χ0) is 16.1. The third kappa shape index (κ3) is 4.66. The Bertz CT molecular complexity index is 488. The van der Waals surface area contributed by atoms with Crippen LogP contribution in [0.15, 0.2) is 18.3 Å². The highest BCUT2D eigenvalue weighted by Crippen LogP contribution is 2.22. The first-order chi connectivity index (χ1) is 11.2. The number of nitrogens with zero attached hydrogens (tertiary/aromatic N) is 4. The van der Waals surface area contributed by atoms with Crippen LogP contribution in [-0.2, 0) is 6.54 Å². The number of aromatic nitrogens is 1. The Morgan fingerprint density at radius 1 is 1.17 bits per heavy atom. The van der Waals surface area contributed by atoms with Crippen LogP contribution in [0, 0.1) is 5.92 Å². The van der Waals surface area contributed by atoms with E-state index in [1.165, 1.54) is 64.2 Å². The normalized spacial score (nSPS) is 24.7. The minimum Gasteiger partial charge on any atom is -0.481 e. The lowest BCUT2D eigenvalue weighted by Crippen LogP contribution is -2.48. The number of hydrogen-bond acceptors (Lipinski definition) is 5. The molecular formula is C18H30N4O. The molecule has 3 heterocycles. The number of likely N-dealkylation sites (N-methyl/N-ethyl adjacent to an activating group) is 1. The second kappa shape index (κ2) is 8.08. The molecule has 2 fully saturated rings. The Balaban J connectivity index is 1.52. The van der Waals surface area contributed by atoms with Crippen LogP contribution in [0.2, 0.25) is 0 Å². The Labute approximate surface area is 140 Å². The van der Waals surface area contributed by atoms with Gasteiger partial charge in [-0.05, 0) is 38.4 Å². The zero-order valence-electron chi connectivity index (χ0n) is 14.6. The average molecular weight is 318 g/mol. The maximum atomic E-state index is 5.39. The molecule has 0 aromatic carbocycles. The van der Waals surface area contributed by atoms with Gasteiger partial charge in [-0.1, -0.05) is 6.07 Å². The van der Waals surface area contributed by atoms with Crippen molar-refractivity contribution in [3.63, 3.8) is 0 Å². The highest BCUT2D eigenvalue weighted by Gasteiger charge is 2.24. The van der Waals surface area contributed by atoms with Crippen molar-refractivity contribution in [3.05, 3.63) is 23.9 Å². The summed E-state index contributed by atoms with van der Waals surface area (Å²) in [7, 11) is 3.93. The molecule has 2 saturated heterocycles. The van der Waals surface area contributed by atoms with E-state index in [0.717, 1.165) is 18.3 Å². The van der Waals surface area contributed by atoms with Crippen molar-refractivity contribution in [2.45, 2.75) is 19.4 Å². The number of pyridine rings is 1. The third-order valence-electron chi connectivity index (χ3n) is 5.15. The highest BCUT2D eigenvalue weighted by atomic mass is 16.5. The number of likely N-dealkylation sites (tertiary alicyclic amines) is 1. The summed E-state index contributed by atoms with van der Waals surface area (Å²) in [5.74, 6) is 1.57. The van der Waals surface area contributed by atoms with E-state index >= 15 is 0 Å². The Morgan fingerprint density at radius 2 is 2.00 bits per heavy atom. The van der Waals surface area contributed by atoms with Crippen molar-refractivity contribution >= 4 is 0 Å². The average Bonchev–Trinajstić information content (AvgIpc) is 2.58. The van der Waals surface area contributed by atoms with Crippen LogP contribution in [0.3, 0.4) is 0 Å². The van der Waals surface area contributed by atoms with Crippen molar-refractivity contribution < 1.29 is 4.74 Å². The predicted octanol–water partition coefficient (Wildman–Crippen LogP) is 1.55. The Hall–Kier alpha value is -1.17. The Morgan fingerprint density at radius 3 is 2.78 bits per heavy atom. The fourth-order valence-corrected chi connectivity index (χ4v) is 3.81. The number of rotatable bonds is 5. The third-order valence-corrected chi connectivity index (χ3v) is 5.15. The largest absolute Gasteiger partial charge is 0.481 e. The summed E-state index contributed by atoms with van der Waals surface area (Å²) in [6.45, 7) is 9.48. The maximum Gasteiger partial charge on any atom is 0.217 e. The molecule has 2 aliphatic heterocycles. The van der Waals surface area contributed by atoms with Crippen molar-refractivity contribution in [1.82, 2.24) is 19.7 Å². The lowest BCUT2D eigenvalue weighted by Gasteiger charge is -2.38. The van der Waals surface area contributed by atoms with Gasteiger partial charge >= 0.3 is 0 Å². The van der Waals surface area contributed by atoms with E-state index in [0.29, 0.717) is 0 Å². The predicted molar refractivity (Wildman–Crippen MR) is 92.7 cm³/mol. The molecule has 1 aromatic rings. The van der Waals surface area contributed by atoms with Crippen molar-refractivity contribution in [2.75, 3.05) is 60.0 Å². The van der Waals surface area contributed by atoms with E-state index in [4.69, 9.17) is 4.74 Å². The van der Waals surface area contributed by atoms with Gasteiger partial charge in [0.15, 0.2) is 0 Å². The first kappa shape index (κ1) is 16.7. The molecule has 23 heavy (non-hydrogen) atoms. The van der Waals surface area contributed by atoms with Gasteiger partial charge in [0, 0.05) is 57.6 Å². The minimum absolute atomic E-state index is 0.772. The summed E-state index contributed by atoms with van der Waals surface area (Å²) in [5, 5.41) is 0. The van der Waals surface area contributed by atoms with Gasteiger partial charge in [0.05, 0.1) is 7.11 Å². The maximum absolute atomic E-state index is 5.39. The zero-order valence-corrected chi connectivity index (χ0v) is 14.6. The van der Waals surface area contributed by atoms with Crippen LogP contribution in [0.5, 0.6) is 5.88 Å². The summed E-state index contributed by atoms with van der Waals surface area (Å²) >= 11 is 0. The van der Waals surface area contributed by atoms with Gasteiger partial charge in [-0.2, -0.15) is 0 Å². The number of piperidine rings is 1. The molecule has 1 atom stereocenters. The van der Waals surface area contributed by atoms with E-state index < -0.39 is 0 Å². The number of ether oxygens (including phenoxy) is 1. The molecule has 5 nitrogen and oxygen atoms in total. The standard InChI is InChI=1S/C18H30N4O/c1-20-9-11-21(12-10-20)13-16-5-4-8-22(14-16)15-17-6-3-7-19-18(17)23-2/h3,6-7,16H,4-5,8-15H2,1-2H3. The smallest absolute Gasteiger partial charge is 0.217 e. The molecule has 0 bridgehead atoms. The molecule has 3 rings (SSSR count). The molecule has 0 N–H and O–H groups in total. The van der Waals surface area contributed by atoms with Crippen molar-refractivity contribution in [1.29, 1.82) is 0 Å². The van der Waals surface area contributed by atoms with Gasteiger partial charge in [-0.15, -0.1) is 0 Å². The fourth-order valence-electron chi connectivity index (χ4n) is 3.81. The molecule has 0 amide bonds. The van der Waals surface area contributed by atoms with Crippen LogP contribution in [-0.4, -0.2) is 79.7 Å². The number of piperazine rings is 1. The van der Waals surface area contributed by atoms with Crippen molar-refractivity contribution in [3.8, 4) is 5.88 Å².